The van der Waals surface area contributed by atoms with Gasteiger partial charge in [-0.3, -0.25) is 0 Å². The van der Waals surface area contributed by atoms with Crippen LogP contribution in [0.4, 0.5) is 0 Å². The number of rotatable bonds is 3. The van der Waals surface area contributed by atoms with Gasteiger partial charge in [0.1, 0.15) is 0 Å². The molecule has 0 aromatic heterocycles. The van der Waals surface area contributed by atoms with Crippen LogP contribution >= 0.6 is 0 Å². The van der Waals surface area contributed by atoms with Gasteiger partial charge in [0.25, 0.3) is 0 Å². The maximum absolute atomic E-state index is 2.32. The van der Waals surface area contributed by atoms with Crippen molar-refractivity contribution in [1.82, 2.24) is 0 Å². The smallest absolute Gasteiger partial charge is 0.00618 e. The summed E-state index contributed by atoms with van der Waals surface area (Å²) < 4.78 is 0. The molecular formula is C21H20. The molecule has 0 saturated heterocycles. The van der Waals surface area contributed by atoms with Crippen LogP contribution in [0.3, 0.4) is 0 Å². The van der Waals surface area contributed by atoms with Crippen molar-refractivity contribution in [3.63, 3.8) is 0 Å². The number of hydrogen-bond donors (Lipinski definition) is 0. The molecule has 0 fully saturated rings. The minimum Gasteiger partial charge on any atom is -0.0836 e. The fraction of sp³-hybridized carbons (Fsp3) is 0.143. The molecule has 0 N–H and O–H groups in total. The van der Waals surface area contributed by atoms with Crippen LogP contribution in [0.2, 0.25) is 0 Å². The van der Waals surface area contributed by atoms with Gasteiger partial charge >= 0.3 is 0 Å². The van der Waals surface area contributed by atoms with E-state index < -0.39 is 0 Å². The van der Waals surface area contributed by atoms with Crippen molar-refractivity contribution in [1.29, 1.82) is 0 Å². The highest BCUT2D eigenvalue weighted by Gasteiger charge is 2.13. The van der Waals surface area contributed by atoms with Crippen molar-refractivity contribution < 1.29 is 0 Å². The third-order valence-electron chi connectivity index (χ3n) is 3.89. The van der Waals surface area contributed by atoms with Gasteiger partial charge in [0.05, 0.1) is 0 Å². The van der Waals surface area contributed by atoms with Gasteiger partial charge in [-0.2, -0.15) is 0 Å². The molecule has 1 aliphatic rings. The molecular weight excluding hydrogens is 252 g/mol. The Bertz CT molecular complexity index is 670. The number of allylic oxidation sites excluding steroid dienone is 5. The fourth-order valence-electron chi connectivity index (χ4n) is 2.69. The largest absolute Gasteiger partial charge is 0.0836 e. The summed E-state index contributed by atoms with van der Waals surface area (Å²) in [4.78, 5) is 0. The SMILES string of the molecule is Cc1ccc(C=C(c2ccccc2)C2C=CC=CC2)cc1. The van der Waals surface area contributed by atoms with Gasteiger partial charge in [0.2, 0.25) is 0 Å². The van der Waals surface area contributed by atoms with Crippen LogP contribution in [0.5, 0.6) is 0 Å². The summed E-state index contributed by atoms with van der Waals surface area (Å²) in [5, 5.41) is 0. The molecule has 0 radical (unpaired) electrons. The first-order valence-corrected chi connectivity index (χ1v) is 7.50. The zero-order valence-electron chi connectivity index (χ0n) is 12.4. The van der Waals surface area contributed by atoms with Crippen LogP contribution < -0.4 is 0 Å². The number of benzene rings is 2. The lowest BCUT2D eigenvalue weighted by Gasteiger charge is -2.18. The van der Waals surface area contributed by atoms with Gasteiger partial charge in [0.15, 0.2) is 0 Å². The second kappa shape index (κ2) is 6.41. The summed E-state index contributed by atoms with van der Waals surface area (Å²) in [6.45, 7) is 2.13. The molecule has 0 saturated carbocycles. The molecule has 3 rings (SSSR count). The van der Waals surface area contributed by atoms with Crippen LogP contribution in [0.15, 0.2) is 78.9 Å². The number of hydrogen-bond acceptors (Lipinski definition) is 0. The van der Waals surface area contributed by atoms with Crippen LogP contribution in [-0.4, -0.2) is 0 Å². The molecule has 0 bridgehead atoms. The van der Waals surface area contributed by atoms with E-state index in [0.29, 0.717) is 5.92 Å². The molecule has 104 valence electrons. The van der Waals surface area contributed by atoms with E-state index in [1.54, 1.807) is 0 Å². The van der Waals surface area contributed by atoms with Crippen molar-refractivity contribution in [3.8, 4) is 0 Å². The Hall–Kier alpha value is -2.34. The molecule has 0 spiro atoms. The molecule has 1 aliphatic carbocycles. The van der Waals surface area contributed by atoms with E-state index in [1.807, 2.05) is 0 Å². The van der Waals surface area contributed by atoms with Gasteiger partial charge < -0.3 is 0 Å². The third-order valence-corrected chi connectivity index (χ3v) is 3.89. The van der Waals surface area contributed by atoms with E-state index in [0.717, 1.165) is 6.42 Å². The second-order valence-corrected chi connectivity index (χ2v) is 5.53. The van der Waals surface area contributed by atoms with Crippen molar-refractivity contribution >= 4 is 11.6 Å². The van der Waals surface area contributed by atoms with E-state index in [2.05, 4.69) is 91.9 Å². The first-order chi connectivity index (χ1) is 10.3. The second-order valence-electron chi connectivity index (χ2n) is 5.53. The summed E-state index contributed by atoms with van der Waals surface area (Å²) >= 11 is 0. The molecule has 0 aliphatic heterocycles. The lowest BCUT2D eigenvalue weighted by atomic mass is 9.86. The average molecular weight is 272 g/mol. The van der Waals surface area contributed by atoms with Crippen molar-refractivity contribution in [2.45, 2.75) is 13.3 Å². The highest BCUT2D eigenvalue weighted by molar-refractivity contribution is 5.83. The monoisotopic (exact) mass is 272 g/mol. The van der Waals surface area contributed by atoms with Gasteiger partial charge in [0, 0.05) is 5.92 Å². The summed E-state index contributed by atoms with van der Waals surface area (Å²) in [5.41, 5.74) is 5.26. The minimum atomic E-state index is 0.457. The fourth-order valence-corrected chi connectivity index (χ4v) is 2.69. The molecule has 1 atom stereocenters. The van der Waals surface area contributed by atoms with Crippen molar-refractivity contribution in [2.24, 2.45) is 5.92 Å². The molecule has 0 heteroatoms. The quantitative estimate of drug-likeness (QED) is 0.632. The predicted molar refractivity (Wildman–Crippen MR) is 91.9 cm³/mol. The van der Waals surface area contributed by atoms with Gasteiger partial charge in [-0.25, -0.2) is 0 Å². The van der Waals surface area contributed by atoms with E-state index in [1.165, 1.54) is 22.3 Å². The Balaban J connectivity index is 2.01. The van der Waals surface area contributed by atoms with E-state index >= 15 is 0 Å². The van der Waals surface area contributed by atoms with E-state index in [4.69, 9.17) is 0 Å². The predicted octanol–water partition coefficient (Wildman–Crippen LogP) is 5.67. The van der Waals surface area contributed by atoms with Crippen LogP contribution in [0.25, 0.3) is 11.6 Å². The Morgan fingerprint density at radius 3 is 2.38 bits per heavy atom. The van der Waals surface area contributed by atoms with Crippen LogP contribution in [0, 0.1) is 12.8 Å². The maximum Gasteiger partial charge on any atom is 0.00618 e. The topological polar surface area (TPSA) is 0 Å². The lowest BCUT2D eigenvalue weighted by molar-refractivity contribution is 0.846. The van der Waals surface area contributed by atoms with Crippen molar-refractivity contribution in [3.05, 3.63) is 95.6 Å². The maximum atomic E-state index is 2.32. The Morgan fingerprint density at radius 2 is 1.71 bits per heavy atom. The standard InChI is InChI=1S/C21H20/c1-17-12-14-18(15-13-17)16-21(19-8-4-2-5-9-19)20-10-6-3-7-11-20/h2-10,12-16,20H,11H2,1H3. The zero-order chi connectivity index (χ0) is 14.5. The van der Waals surface area contributed by atoms with E-state index in [9.17, 15) is 0 Å². The highest BCUT2D eigenvalue weighted by atomic mass is 14.2. The van der Waals surface area contributed by atoms with E-state index in [-0.39, 0.29) is 0 Å². The summed E-state index contributed by atoms with van der Waals surface area (Å²) in [5.74, 6) is 0.457. The summed E-state index contributed by atoms with van der Waals surface area (Å²) in [6.07, 6.45) is 12.2. The Kier molecular flexibility index (Phi) is 4.16. The van der Waals surface area contributed by atoms with Crippen LogP contribution in [0.1, 0.15) is 23.1 Å². The van der Waals surface area contributed by atoms with Gasteiger partial charge in [-0.15, -0.1) is 0 Å². The molecule has 0 heterocycles. The molecule has 0 nitrogen and oxygen atoms in total. The third kappa shape index (κ3) is 3.41. The Labute approximate surface area is 127 Å². The molecule has 1 unspecified atom stereocenters. The van der Waals surface area contributed by atoms with Crippen molar-refractivity contribution in [2.75, 3.05) is 0 Å². The molecule has 2 aromatic rings. The van der Waals surface area contributed by atoms with Gasteiger partial charge in [-0.1, -0.05) is 90.5 Å². The normalized spacial score (nSPS) is 18.0. The first-order valence-electron chi connectivity index (χ1n) is 7.50. The average Bonchev–Trinajstić information content (AvgIpc) is 2.56. The molecule has 0 amide bonds. The van der Waals surface area contributed by atoms with Crippen LogP contribution in [-0.2, 0) is 0 Å². The summed E-state index contributed by atoms with van der Waals surface area (Å²) in [7, 11) is 0. The Morgan fingerprint density at radius 1 is 0.952 bits per heavy atom. The lowest BCUT2D eigenvalue weighted by Crippen LogP contribution is -2.01. The highest BCUT2D eigenvalue weighted by Crippen LogP contribution is 2.31. The summed E-state index contributed by atoms with van der Waals surface area (Å²) in [6, 6.07) is 19.4. The number of aryl methyl sites for hydroxylation is 1. The minimum absolute atomic E-state index is 0.457. The molecule has 21 heavy (non-hydrogen) atoms. The molecule has 2 aromatic carbocycles. The first kappa shape index (κ1) is 13.6. The van der Waals surface area contributed by atoms with Gasteiger partial charge in [-0.05, 0) is 30.0 Å². The zero-order valence-corrected chi connectivity index (χ0v) is 12.4.